The van der Waals surface area contributed by atoms with Crippen molar-refractivity contribution in [2.75, 3.05) is 0 Å². The molecule has 1 nitrogen and oxygen atoms in total. The molecule has 0 heterocycles. The quantitative estimate of drug-likeness (QED) is 0.835. The molecule has 0 aliphatic rings. The van der Waals surface area contributed by atoms with Crippen LogP contribution in [0.15, 0.2) is 36.4 Å². The lowest BCUT2D eigenvalue weighted by Crippen LogP contribution is -2.18. The topological polar surface area (TPSA) is 26.0 Å². The molecule has 2 N–H and O–H groups in total. The standard InChI is InChI=1S/C16H21N/c1-4-11(2)16(17)15-10-6-8-13-12(3)7-5-9-14(13)15/h5-11,16H,4,17H2,1-3H3. The van der Waals surface area contributed by atoms with Crippen LogP contribution in [-0.2, 0) is 0 Å². The van der Waals surface area contributed by atoms with Crippen molar-refractivity contribution in [3.8, 4) is 0 Å². The molecule has 0 saturated heterocycles. The highest BCUT2D eigenvalue weighted by atomic mass is 14.6. The summed E-state index contributed by atoms with van der Waals surface area (Å²) in [5.41, 5.74) is 8.96. The monoisotopic (exact) mass is 227 g/mol. The fourth-order valence-electron chi connectivity index (χ4n) is 2.34. The normalized spacial score (nSPS) is 14.8. The number of rotatable bonds is 3. The van der Waals surface area contributed by atoms with Crippen LogP contribution in [0.1, 0.15) is 37.4 Å². The fourth-order valence-corrected chi connectivity index (χ4v) is 2.34. The molecule has 2 aromatic rings. The summed E-state index contributed by atoms with van der Waals surface area (Å²) in [6, 6.07) is 13.0. The van der Waals surface area contributed by atoms with E-state index in [0.717, 1.165) is 6.42 Å². The summed E-state index contributed by atoms with van der Waals surface area (Å²) < 4.78 is 0. The zero-order valence-electron chi connectivity index (χ0n) is 10.9. The van der Waals surface area contributed by atoms with Crippen molar-refractivity contribution in [3.05, 3.63) is 47.5 Å². The van der Waals surface area contributed by atoms with Crippen molar-refractivity contribution in [2.45, 2.75) is 33.2 Å². The Morgan fingerprint density at radius 2 is 1.71 bits per heavy atom. The number of hydrogen-bond acceptors (Lipinski definition) is 1. The zero-order chi connectivity index (χ0) is 12.4. The molecule has 0 spiro atoms. The average Bonchev–Trinajstić information content (AvgIpc) is 2.37. The van der Waals surface area contributed by atoms with Gasteiger partial charge in [0, 0.05) is 6.04 Å². The van der Waals surface area contributed by atoms with Crippen LogP contribution in [0.4, 0.5) is 0 Å². The summed E-state index contributed by atoms with van der Waals surface area (Å²) in [5.74, 6) is 0.515. The van der Waals surface area contributed by atoms with Crippen molar-refractivity contribution in [1.82, 2.24) is 0 Å². The van der Waals surface area contributed by atoms with E-state index in [1.807, 2.05) is 0 Å². The lowest BCUT2D eigenvalue weighted by molar-refractivity contribution is 0.459. The van der Waals surface area contributed by atoms with Gasteiger partial charge in [0.05, 0.1) is 0 Å². The summed E-state index contributed by atoms with van der Waals surface area (Å²) in [5, 5.41) is 2.63. The Morgan fingerprint density at radius 1 is 1.06 bits per heavy atom. The van der Waals surface area contributed by atoms with Gasteiger partial charge in [-0.05, 0) is 34.7 Å². The van der Waals surface area contributed by atoms with Crippen LogP contribution in [-0.4, -0.2) is 0 Å². The van der Waals surface area contributed by atoms with E-state index in [9.17, 15) is 0 Å². The first kappa shape index (κ1) is 12.1. The molecule has 2 unspecified atom stereocenters. The summed E-state index contributed by atoms with van der Waals surface area (Å²) >= 11 is 0. The third-order valence-electron chi connectivity index (χ3n) is 3.79. The van der Waals surface area contributed by atoms with E-state index < -0.39 is 0 Å². The van der Waals surface area contributed by atoms with Gasteiger partial charge in [-0.3, -0.25) is 0 Å². The van der Waals surface area contributed by atoms with Gasteiger partial charge in [0.25, 0.3) is 0 Å². The Hall–Kier alpha value is -1.34. The van der Waals surface area contributed by atoms with E-state index in [0.29, 0.717) is 5.92 Å². The number of hydrogen-bond donors (Lipinski definition) is 1. The third kappa shape index (κ3) is 2.20. The van der Waals surface area contributed by atoms with E-state index in [2.05, 4.69) is 57.2 Å². The smallest absolute Gasteiger partial charge is 0.0326 e. The van der Waals surface area contributed by atoms with Gasteiger partial charge in [-0.15, -0.1) is 0 Å². The average molecular weight is 227 g/mol. The van der Waals surface area contributed by atoms with Crippen molar-refractivity contribution in [3.63, 3.8) is 0 Å². The van der Waals surface area contributed by atoms with Crippen molar-refractivity contribution < 1.29 is 0 Å². The first-order valence-corrected chi connectivity index (χ1v) is 6.39. The molecule has 17 heavy (non-hydrogen) atoms. The van der Waals surface area contributed by atoms with Crippen molar-refractivity contribution in [1.29, 1.82) is 0 Å². The van der Waals surface area contributed by atoms with Crippen LogP contribution >= 0.6 is 0 Å². The minimum absolute atomic E-state index is 0.130. The van der Waals surface area contributed by atoms with Crippen LogP contribution in [0.3, 0.4) is 0 Å². The first-order valence-electron chi connectivity index (χ1n) is 6.39. The molecule has 2 rings (SSSR count). The van der Waals surface area contributed by atoms with Gasteiger partial charge in [-0.1, -0.05) is 56.7 Å². The molecule has 1 heteroatoms. The molecule has 0 saturated carbocycles. The van der Waals surface area contributed by atoms with E-state index in [-0.39, 0.29) is 6.04 Å². The molecule has 0 aliphatic heterocycles. The van der Waals surface area contributed by atoms with Crippen molar-refractivity contribution >= 4 is 10.8 Å². The number of benzene rings is 2. The maximum Gasteiger partial charge on any atom is 0.0326 e. The second-order valence-corrected chi connectivity index (χ2v) is 4.93. The van der Waals surface area contributed by atoms with E-state index in [1.54, 1.807) is 0 Å². The minimum Gasteiger partial charge on any atom is -0.324 e. The number of aryl methyl sites for hydroxylation is 1. The van der Waals surface area contributed by atoms with Crippen LogP contribution in [0.25, 0.3) is 10.8 Å². The summed E-state index contributed by atoms with van der Waals surface area (Å²) in [6.45, 7) is 6.57. The fraction of sp³-hybridized carbons (Fsp3) is 0.375. The number of nitrogens with two attached hydrogens (primary N) is 1. The van der Waals surface area contributed by atoms with Crippen LogP contribution in [0, 0.1) is 12.8 Å². The number of fused-ring (bicyclic) bond motifs is 1. The molecule has 0 radical (unpaired) electrons. The lowest BCUT2D eigenvalue weighted by atomic mass is 9.89. The van der Waals surface area contributed by atoms with Gasteiger partial charge >= 0.3 is 0 Å². The SMILES string of the molecule is CCC(C)C(N)c1cccc2c(C)cccc12. The second-order valence-electron chi connectivity index (χ2n) is 4.93. The van der Waals surface area contributed by atoms with Crippen LogP contribution < -0.4 is 5.73 Å². The highest BCUT2D eigenvalue weighted by molar-refractivity contribution is 5.88. The first-order chi connectivity index (χ1) is 8.15. The van der Waals surface area contributed by atoms with Crippen LogP contribution in [0.5, 0.6) is 0 Å². The predicted molar refractivity (Wildman–Crippen MR) is 75.1 cm³/mol. The van der Waals surface area contributed by atoms with E-state index >= 15 is 0 Å². The Bertz CT molecular complexity index is 516. The van der Waals surface area contributed by atoms with Crippen LogP contribution in [0.2, 0.25) is 0 Å². The summed E-state index contributed by atoms with van der Waals surface area (Å²) in [4.78, 5) is 0. The molecular weight excluding hydrogens is 206 g/mol. The van der Waals surface area contributed by atoms with E-state index in [4.69, 9.17) is 5.73 Å². The summed E-state index contributed by atoms with van der Waals surface area (Å²) in [6.07, 6.45) is 1.11. The Labute approximate surface area is 104 Å². The Morgan fingerprint density at radius 3 is 2.41 bits per heavy atom. The highest BCUT2D eigenvalue weighted by Crippen LogP contribution is 2.29. The Balaban J connectivity index is 2.58. The Kier molecular flexibility index (Phi) is 3.49. The molecule has 0 bridgehead atoms. The van der Waals surface area contributed by atoms with E-state index in [1.165, 1.54) is 21.9 Å². The van der Waals surface area contributed by atoms with Gasteiger partial charge in [0.2, 0.25) is 0 Å². The lowest BCUT2D eigenvalue weighted by Gasteiger charge is -2.20. The predicted octanol–water partition coefficient (Wildman–Crippen LogP) is 4.19. The molecule has 2 aromatic carbocycles. The van der Waals surface area contributed by atoms with Gasteiger partial charge in [-0.25, -0.2) is 0 Å². The van der Waals surface area contributed by atoms with Crippen molar-refractivity contribution in [2.24, 2.45) is 11.7 Å². The highest BCUT2D eigenvalue weighted by Gasteiger charge is 2.15. The van der Waals surface area contributed by atoms with Gasteiger partial charge in [0.1, 0.15) is 0 Å². The molecule has 0 aromatic heterocycles. The molecule has 90 valence electrons. The second kappa shape index (κ2) is 4.89. The van der Waals surface area contributed by atoms with Gasteiger partial charge < -0.3 is 5.73 Å². The van der Waals surface area contributed by atoms with Gasteiger partial charge in [0.15, 0.2) is 0 Å². The zero-order valence-corrected chi connectivity index (χ0v) is 10.9. The van der Waals surface area contributed by atoms with Gasteiger partial charge in [-0.2, -0.15) is 0 Å². The molecular formula is C16H21N. The summed E-state index contributed by atoms with van der Waals surface area (Å²) in [7, 11) is 0. The largest absolute Gasteiger partial charge is 0.324 e. The third-order valence-corrected chi connectivity index (χ3v) is 3.79. The molecule has 0 fully saturated rings. The molecule has 0 amide bonds. The molecule has 0 aliphatic carbocycles. The minimum atomic E-state index is 0.130. The maximum absolute atomic E-state index is 6.37. The molecule has 2 atom stereocenters. The maximum atomic E-state index is 6.37.